The molecule has 1 N–H and O–H groups in total. The molecule has 0 fully saturated rings. The van der Waals surface area contributed by atoms with Crippen LogP contribution in [-0.2, 0) is 0 Å². The van der Waals surface area contributed by atoms with Crippen LogP contribution >= 0.6 is 12.2 Å². The predicted octanol–water partition coefficient (Wildman–Crippen LogP) is 6.40. The maximum absolute atomic E-state index is 13.4. The maximum atomic E-state index is 13.4. The molecule has 4 aromatic rings. The maximum Gasteiger partial charge on any atom is 0.290 e. The Labute approximate surface area is 190 Å². The second-order valence-electron chi connectivity index (χ2n) is 7.54. The van der Waals surface area contributed by atoms with E-state index in [-0.39, 0.29) is 16.3 Å². The smallest absolute Gasteiger partial charge is 0.290 e. The highest BCUT2D eigenvalue weighted by Gasteiger charge is 2.20. The van der Waals surface area contributed by atoms with E-state index < -0.39 is 5.56 Å². The fourth-order valence-electron chi connectivity index (χ4n) is 3.40. The molecular formula is C25H22N4O2S. The normalized spacial score (nSPS) is 11.2. The molecule has 1 aromatic heterocycles. The molecule has 32 heavy (non-hydrogen) atoms. The molecule has 0 aliphatic heterocycles. The molecule has 0 saturated carbocycles. The Kier molecular flexibility index (Phi) is 5.83. The zero-order valence-electron chi connectivity index (χ0n) is 18.0. The van der Waals surface area contributed by atoms with Gasteiger partial charge in [-0.15, -0.1) is 10.2 Å². The minimum Gasteiger partial charge on any atom is -0.492 e. The molecule has 7 heteroatoms. The standard InChI is InChI=1S/C25H22N4O2S/c1-16-12-14-19(15-13-16)28-23(30)22(27-26-20-10-6-4-8-17(20)2)24(31)29(25(28)32)21-11-7-5-9-18(21)3/h4-15,31H,1-3H3. The van der Waals surface area contributed by atoms with Crippen molar-refractivity contribution >= 4 is 23.6 Å². The van der Waals surface area contributed by atoms with Crippen LogP contribution in [0.3, 0.4) is 0 Å². The molecule has 0 radical (unpaired) electrons. The van der Waals surface area contributed by atoms with Gasteiger partial charge in [-0.25, -0.2) is 0 Å². The van der Waals surface area contributed by atoms with Crippen LogP contribution < -0.4 is 5.56 Å². The lowest BCUT2D eigenvalue weighted by molar-refractivity contribution is 0.432. The third kappa shape index (κ3) is 3.90. The first kappa shape index (κ1) is 21.4. The van der Waals surface area contributed by atoms with Gasteiger partial charge in [0.1, 0.15) is 0 Å². The highest BCUT2D eigenvalue weighted by atomic mass is 32.1. The molecule has 0 spiro atoms. The van der Waals surface area contributed by atoms with Crippen LogP contribution in [-0.4, -0.2) is 14.2 Å². The molecule has 6 nitrogen and oxygen atoms in total. The summed E-state index contributed by atoms with van der Waals surface area (Å²) in [7, 11) is 0. The monoisotopic (exact) mass is 442 g/mol. The van der Waals surface area contributed by atoms with Gasteiger partial charge in [0.15, 0.2) is 4.77 Å². The number of benzene rings is 3. The third-order valence-corrected chi connectivity index (χ3v) is 5.60. The number of rotatable bonds is 4. The van der Waals surface area contributed by atoms with Crippen molar-refractivity contribution in [3.63, 3.8) is 0 Å². The summed E-state index contributed by atoms with van der Waals surface area (Å²) in [5.74, 6) is -0.352. The second kappa shape index (κ2) is 8.72. The quantitative estimate of drug-likeness (QED) is 0.293. The van der Waals surface area contributed by atoms with E-state index in [1.54, 1.807) is 6.07 Å². The predicted molar refractivity (Wildman–Crippen MR) is 129 cm³/mol. The fourth-order valence-corrected chi connectivity index (χ4v) is 3.78. The number of hydrogen-bond donors (Lipinski definition) is 1. The van der Waals surface area contributed by atoms with Crippen molar-refractivity contribution < 1.29 is 5.11 Å². The Morgan fingerprint density at radius 2 is 1.41 bits per heavy atom. The summed E-state index contributed by atoms with van der Waals surface area (Å²) < 4.78 is 2.96. The lowest BCUT2D eigenvalue weighted by atomic mass is 10.2. The van der Waals surface area contributed by atoms with E-state index in [2.05, 4.69) is 10.2 Å². The summed E-state index contributed by atoms with van der Waals surface area (Å²) in [6.45, 7) is 5.78. The lowest BCUT2D eigenvalue weighted by Crippen LogP contribution is -2.23. The fraction of sp³-hybridized carbons (Fsp3) is 0.120. The van der Waals surface area contributed by atoms with Crippen LogP contribution in [0.4, 0.5) is 11.4 Å². The van der Waals surface area contributed by atoms with Crippen LogP contribution in [0, 0.1) is 25.5 Å². The Morgan fingerprint density at radius 1 is 0.781 bits per heavy atom. The number of hydrogen-bond acceptors (Lipinski definition) is 5. The first-order valence-corrected chi connectivity index (χ1v) is 10.5. The van der Waals surface area contributed by atoms with Crippen molar-refractivity contribution in [3.05, 3.63) is 105 Å². The average molecular weight is 443 g/mol. The first-order valence-electron chi connectivity index (χ1n) is 10.1. The largest absolute Gasteiger partial charge is 0.492 e. The van der Waals surface area contributed by atoms with Crippen molar-refractivity contribution in [1.82, 2.24) is 9.13 Å². The third-order valence-electron chi connectivity index (χ3n) is 5.23. The summed E-state index contributed by atoms with van der Waals surface area (Å²) in [6.07, 6.45) is 0. The van der Waals surface area contributed by atoms with Crippen molar-refractivity contribution in [2.75, 3.05) is 0 Å². The van der Waals surface area contributed by atoms with E-state index in [0.29, 0.717) is 17.1 Å². The summed E-state index contributed by atoms with van der Waals surface area (Å²) in [5, 5.41) is 19.5. The number of para-hydroxylation sites is 1. The summed E-state index contributed by atoms with van der Waals surface area (Å²) in [4.78, 5) is 13.4. The van der Waals surface area contributed by atoms with Gasteiger partial charge in [0.2, 0.25) is 11.6 Å². The number of aryl methyl sites for hydroxylation is 3. The van der Waals surface area contributed by atoms with Gasteiger partial charge in [0.05, 0.1) is 17.1 Å². The molecule has 0 aliphatic rings. The number of azo groups is 1. The molecule has 0 saturated heterocycles. The lowest BCUT2D eigenvalue weighted by Gasteiger charge is -2.17. The molecule has 0 bridgehead atoms. The SMILES string of the molecule is Cc1ccc(-n2c(=O)c(N=Nc3ccccc3C)c(O)n(-c3ccccc3C)c2=S)cc1. The van der Waals surface area contributed by atoms with Crippen molar-refractivity contribution in [2.24, 2.45) is 10.2 Å². The molecule has 0 atom stereocenters. The van der Waals surface area contributed by atoms with Crippen LogP contribution in [0.2, 0.25) is 0 Å². The van der Waals surface area contributed by atoms with Gasteiger partial charge in [0, 0.05) is 0 Å². The van der Waals surface area contributed by atoms with E-state index >= 15 is 0 Å². The molecule has 160 valence electrons. The van der Waals surface area contributed by atoms with E-state index in [4.69, 9.17) is 12.2 Å². The second-order valence-corrected chi connectivity index (χ2v) is 7.90. The van der Waals surface area contributed by atoms with Gasteiger partial charge in [0.25, 0.3) is 5.56 Å². The number of aromatic nitrogens is 2. The molecule has 0 unspecified atom stereocenters. The Hall–Kier alpha value is -3.84. The molecule has 0 amide bonds. The summed E-state index contributed by atoms with van der Waals surface area (Å²) >= 11 is 5.68. The first-order chi connectivity index (χ1) is 15.4. The van der Waals surface area contributed by atoms with Gasteiger partial charge in [-0.2, -0.15) is 0 Å². The molecular weight excluding hydrogens is 420 g/mol. The van der Waals surface area contributed by atoms with Gasteiger partial charge in [-0.3, -0.25) is 13.9 Å². The number of nitrogens with zero attached hydrogens (tertiary/aromatic N) is 4. The topological polar surface area (TPSA) is 71.9 Å². The highest BCUT2D eigenvalue weighted by molar-refractivity contribution is 7.71. The zero-order chi connectivity index (χ0) is 22.8. The van der Waals surface area contributed by atoms with Crippen LogP contribution in [0.5, 0.6) is 5.88 Å². The molecule has 3 aromatic carbocycles. The summed E-state index contributed by atoms with van der Waals surface area (Å²) in [5.41, 5.74) is 3.96. The van der Waals surface area contributed by atoms with E-state index in [1.807, 2.05) is 87.5 Å². The van der Waals surface area contributed by atoms with Crippen molar-refractivity contribution in [2.45, 2.75) is 20.8 Å². The number of aromatic hydroxyl groups is 1. The van der Waals surface area contributed by atoms with Crippen molar-refractivity contribution in [3.8, 4) is 17.3 Å². The van der Waals surface area contributed by atoms with Gasteiger partial charge >= 0.3 is 0 Å². The van der Waals surface area contributed by atoms with E-state index in [1.165, 1.54) is 9.13 Å². The molecule has 4 rings (SSSR count). The minimum absolute atomic E-state index is 0.139. The minimum atomic E-state index is -0.543. The van der Waals surface area contributed by atoms with Crippen LogP contribution in [0.25, 0.3) is 11.4 Å². The average Bonchev–Trinajstić information content (AvgIpc) is 2.77. The van der Waals surface area contributed by atoms with E-state index in [9.17, 15) is 9.90 Å². The van der Waals surface area contributed by atoms with Crippen molar-refractivity contribution in [1.29, 1.82) is 0 Å². The Balaban J connectivity index is 2.04. The van der Waals surface area contributed by atoms with Crippen LogP contribution in [0.15, 0.2) is 87.8 Å². The summed E-state index contributed by atoms with van der Waals surface area (Å²) in [6, 6.07) is 22.3. The van der Waals surface area contributed by atoms with Gasteiger partial charge in [-0.1, -0.05) is 54.1 Å². The highest BCUT2D eigenvalue weighted by Crippen LogP contribution is 2.30. The van der Waals surface area contributed by atoms with Gasteiger partial charge < -0.3 is 5.11 Å². The Bertz CT molecular complexity index is 1450. The zero-order valence-corrected chi connectivity index (χ0v) is 18.8. The van der Waals surface area contributed by atoms with Gasteiger partial charge in [-0.05, 0) is 68.4 Å². The Morgan fingerprint density at radius 3 is 2.06 bits per heavy atom. The molecule has 1 heterocycles. The van der Waals surface area contributed by atoms with E-state index in [0.717, 1.165) is 16.7 Å². The van der Waals surface area contributed by atoms with Crippen LogP contribution in [0.1, 0.15) is 16.7 Å². The molecule has 0 aliphatic carbocycles.